The van der Waals surface area contributed by atoms with E-state index in [9.17, 15) is 9.59 Å². The third kappa shape index (κ3) is 2.94. The summed E-state index contributed by atoms with van der Waals surface area (Å²) < 4.78 is 4.89. The highest BCUT2D eigenvalue weighted by molar-refractivity contribution is 7.13. The van der Waals surface area contributed by atoms with Gasteiger partial charge in [-0.25, -0.2) is 0 Å². The molecule has 0 aliphatic carbocycles. The summed E-state index contributed by atoms with van der Waals surface area (Å²) in [6.07, 6.45) is 0.806. The summed E-state index contributed by atoms with van der Waals surface area (Å²) in [5, 5.41) is 0.727. The summed E-state index contributed by atoms with van der Waals surface area (Å²) in [4.78, 5) is 26.0. The molecule has 0 spiro atoms. The van der Waals surface area contributed by atoms with Crippen LogP contribution in [-0.4, -0.2) is 48.8 Å². The average molecular weight is 292 g/mol. The Hall–Kier alpha value is -1.99. The van der Waals surface area contributed by atoms with E-state index in [0.29, 0.717) is 6.54 Å². The van der Waals surface area contributed by atoms with Crippen LogP contribution in [0.15, 0.2) is 18.2 Å². The Morgan fingerprint density at radius 3 is 2.75 bits per heavy atom. The minimum atomic E-state index is -0.538. The summed E-state index contributed by atoms with van der Waals surface area (Å²) in [6, 6.07) is 5.43. The molecule has 20 heavy (non-hydrogen) atoms. The first-order valence-corrected chi connectivity index (χ1v) is 6.86. The van der Waals surface area contributed by atoms with Gasteiger partial charge in [-0.1, -0.05) is 0 Å². The standard InChI is InChI=1S/C13H16N4O2S/c1-16(2)5-6-17(8-18)9-3-4-10-11(7-9)20-15-12(10)13(14)19/h3-4,7-8H,5-6H2,1-2H3,(H2,14,19). The highest BCUT2D eigenvalue weighted by Crippen LogP contribution is 2.27. The largest absolute Gasteiger partial charge is 0.364 e. The number of amides is 2. The highest BCUT2D eigenvalue weighted by atomic mass is 32.1. The molecule has 1 heterocycles. The third-order valence-electron chi connectivity index (χ3n) is 2.94. The fraction of sp³-hybridized carbons (Fsp3) is 0.308. The molecule has 2 N–H and O–H groups in total. The van der Waals surface area contributed by atoms with Crippen LogP contribution in [0.3, 0.4) is 0 Å². The molecule has 0 aliphatic heterocycles. The molecule has 0 unspecified atom stereocenters. The molecule has 0 saturated carbocycles. The maximum atomic E-state index is 11.2. The predicted octanol–water partition coefficient (Wildman–Crippen LogP) is 0.920. The van der Waals surface area contributed by atoms with Gasteiger partial charge >= 0.3 is 0 Å². The van der Waals surface area contributed by atoms with Gasteiger partial charge in [0.05, 0.1) is 4.70 Å². The van der Waals surface area contributed by atoms with Crippen molar-refractivity contribution >= 4 is 39.6 Å². The molecular formula is C13H16N4O2S. The first kappa shape index (κ1) is 14.4. The van der Waals surface area contributed by atoms with Crippen LogP contribution in [0.4, 0.5) is 5.69 Å². The summed E-state index contributed by atoms with van der Waals surface area (Å²) in [5.41, 5.74) is 6.33. The molecule has 2 amide bonds. The number of nitrogens with zero attached hydrogens (tertiary/aromatic N) is 3. The van der Waals surface area contributed by atoms with Crippen LogP contribution in [-0.2, 0) is 4.79 Å². The normalized spacial score (nSPS) is 10.9. The van der Waals surface area contributed by atoms with Gasteiger partial charge in [-0.2, -0.15) is 4.37 Å². The lowest BCUT2D eigenvalue weighted by atomic mass is 10.2. The van der Waals surface area contributed by atoms with Crippen molar-refractivity contribution in [2.75, 3.05) is 32.1 Å². The van der Waals surface area contributed by atoms with Gasteiger partial charge in [-0.15, -0.1) is 0 Å². The molecule has 6 nitrogen and oxygen atoms in total. The van der Waals surface area contributed by atoms with Crippen LogP contribution in [0.2, 0.25) is 0 Å². The van der Waals surface area contributed by atoms with Crippen LogP contribution in [0.25, 0.3) is 10.1 Å². The Kier molecular flexibility index (Phi) is 4.31. The van der Waals surface area contributed by atoms with E-state index >= 15 is 0 Å². The van der Waals surface area contributed by atoms with Crippen molar-refractivity contribution in [1.29, 1.82) is 0 Å². The zero-order valence-corrected chi connectivity index (χ0v) is 12.2. The molecule has 0 radical (unpaired) electrons. The van der Waals surface area contributed by atoms with Crippen molar-refractivity contribution in [2.24, 2.45) is 5.73 Å². The van der Waals surface area contributed by atoms with Gasteiger partial charge in [0.1, 0.15) is 5.69 Å². The van der Waals surface area contributed by atoms with Crippen molar-refractivity contribution in [1.82, 2.24) is 9.27 Å². The topological polar surface area (TPSA) is 79.5 Å². The minimum absolute atomic E-state index is 0.280. The van der Waals surface area contributed by atoms with Gasteiger partial charge in [-0.3, -0.25) is 9.59 Å². The fourth-order valence-electron chi connectivity index (χ4n) is 1.83. The number of carbonyl (C=O) groups is 2. The lowest BCUT2D eigenvalue weighted by Crippen LogP contribution is -2.30. The molecule has 0 fully saturated rings. The van der Waals surface area contributed by atoms with E-state index in [1.807, 2.05) is 25.1 Å². The second-order valence-corrected chi connectivity index (χ2v) is 5.48. The van der Waals surface area contributed by atoms with Crippen molar-refractivity contribution < 1.29 is 9.59 Å². The van der Waals surface area contributed by atoms with Gasteiger partial charge in [0.2, 0.25) is 6.41 Å². The van der Waals surface area contributed by atoms with Crippen LogP contribution < -0.4 is 10.6 Å². The van der Waals surface area contributed by atoms with Crippen LogP contribution in [0, 0.1) is 0 Å². The molecule has 0 bridgehead atoms. The van der Waals surface area contributed by atoms with Crippen LogP contribution >= 0.6 is 11.5 Å². The second kappa shape index (κ2) is 5.98. The van der Waals surface area contributed by atoms with Gasteiger partial charge in [0.15, 0.2) is 0 Å². The molecule has 7 heteroatoms. The van der Waals surface area contributed by atoms with E-state index in [2.05, 4.69) is 4.37 Å². The first-order chi connectivity index (χ1) is 9.52. The quantitative estimate of drug-likeness (QED) is 0.803. The van der Waals surface area contributed by atoms with Crippen LogP contribution in [0.1, 0.15) is 10.5 Å². The number of benzene rings is 1. The van der Waals surface area contributed by atoms with Gasteiger partial charge in [0.25, 0.3) is 5.91 Å². The summed E-state index contributed by atoms with van der Waals surface area (Å²) in [5.74, 6) is -0.538. The molecular weight excluding hydrogens is 276 g/mol. The fourth-order valence-corrected chi connectivity index (χ4v) is 2.65. The van der Waals surface area contributed by atoms with E-state index in [0.717, 1.165) is 28.7 Å². The number of nitrogens with two attached hydrogens (primary N) is 1. The van der Waals surface area contributed by atoms with Crippen molar-refractivity contribution in [3.8, 4) is 0 Å². The van der Waals surface area contributed by atoms with E-state index in [1.54, 1.807) is 17.0 Å². The molecule has 2 rings (SSSR count). The number of carbonyl (C=O) groups excluding carboxylic acids is 2. The third-order valence-corrected chi connectivity index (χ3v) is 3.74. The van der Waals surface area contributed by atoms with E-state index in [4.69, 9.17) is 5.73 Å². The number of anilines is 1. The Morgan fingerprint density at radius 2 is 2.15 bits per heavy atom. The van der Waals surface area contributed by atoms with E-state index in [-0.39, 0.29) is 5.69 Å². The highest BCUT2D eigenvalue weighted by Gasteiger charge is 2.13. The Morgan fingerprint density at radius 1 is 1.40 bits per heavy atom. The first-order valence-electron chi connectivity index (χ1n) is 6.09. The Balaban J connectivity index is 2.31. The number of fused-ring (bicyclic) bond motifs is 1. The van der Waals surface area contributed by atoms with E-state index in [1.165, 1.54) is 11.5 Å². The van der Waals surface area contributed by atoms with Gasteiger partial charge in [-0.05, 0) is 43.8 Å². The maximum Gasteiger partial charge on any atom is 0.269 e. The molecule has 0 atom stereocenters. The molecule has 0 aliphatic rings. The summed E-state index contributed by atoms with van der Waals surface area (Å²) in [7, 11) is 3.91. The lowest BCUT2D eigenvalue weighted by molar-refractivity contribution is -0.107. The second-order valence-electron chi connectivity index (χ2n) is 4.68. The van der Waals surface area contributed by atoms with Crippen LogP contribution in [0.5, 0.6) is 0 Å². The van der Waals surface area contributed by atoms with Gasteiger partial charge in [0, 0.05) is 24.2 Å². The smallest absolute Gasteiger partial charge is 0.269 e. The SMILES string of the molecule is CN(C)CCN(C=O)c1ccc2c(C(N)=O)nsc2c1. The number of hydrogen-bond acceptors (Lipinski definition) is 5. The minimum Gasteiger partial charge on any atom is -0.364 e. The summed E-state index contributed by atoms with van der Waals surface area (Å²) >= 11 is 1.20. The Labute approximate surface area is 120 Å². The molecule has 1 aromatic carbocycles. The molecule has 2 aromatic rings. The average Bonchev–Trinajstić information content (AvgIpc) is 2.82. The number of aromatic nitrogens is 1. The van der Waals surface area contributed by atoms with Crippen molar-refractivity contribution in [2.45, 2.75) is 0 Å². The number of primary amides is 1. The maximum absolute atomic E-state index is 11.2. The lowest BCUT2D eigenvalue weighted by Gasteiger charge is -2.19. The Bertz CT molecular complexity index is 638. The van der Waals surface area contributed by atoms with Crippen molar-refractivity contribution in [3.05, 3.63) is 23.9 Å². The molecule has 0 saturated heterocycles. The predicted molar refractivity (Wildman–Crippen MR) is 80.1 cm³/mol. The number of rotatable bonds is 6. The number of hydrogen-bond donors (Lipinski definition) is 1. The number of likely N-dealkylation sites (N-methyl/N-ethyl adjacent to an activating group) is 1. The monoisotopic (exact) mass is 292 g/mol. The van der Waals surface area contributed by atoms with E-state index < -0.39 is 5.91 Å². The van der Waals surface area contributed by atoms with Gasteiger partial charge < -0.3 is 15.5 Å². The van der Waals surface area contributed by atoms with Crippen molar-refractivity contribution in [3.63, 3.8) is 0 Å². The summed E-state index contributed by atoms with van der Waals surface area (Å²) in [6.45, 7) is 1.37. The molecule has 1 aromatic heterocycles. The zero-order chi connectivity index (χ0) is 14.7. The molecule has 106 valence electrons. The zero-order valence-electron chi connectivity index (χ0n) is 11.4.